The van der Waals surface area contributed by atoms with Gasteiger partial charge in [-0.1, -0.05) is 6.07 Å². The van der Waals surface area contributed by atoms with E-state index in [1.54, 1.807) is 13.8 Å². The van der Waals surface area contributed by atoms with Crippen molar-refractivity contribution in [3.05, 3.63) is 33.7 Å². The molecule has 1 aliphatic rings. The van der Waals surface area contributed by atoms with E-state index >= 15 is 0 Å². The molecule has 1 aromatic rings. The highest BCUT2D eigenvalue weighted by atomic mass is 32.1. The summed E-state index contributed by atoms with van der Waals surface area (Å²) < 4.78 is 9.50. The molecule has 0 atom stereocenters. The molecule has 118 valence electrons. The minimum Gasteiger partial charge on any atom is -0.466 e. The Labute approximate surface area is 132 Å². The van der Waals surface area contributed by atoms with Gasteiger partial charge in [0.25, 0.3) is 0 Å². The number of carbonyl (C=O) groups is 3. The molecular weight excluding hydrogens is 306 g/mol. The number of methoxy groups -OCH3 is 2. The molecule has 0 aromatic carbocycles. The molecule has 1 amide bonds. The SMILES string of the molecule is COC(=O)C1=C(C(=O)OC)C(C)(C)C(=O)N1Cc1cccs1. The van der Waals surface area contributed by atoms with Gasteiger partial charge in [-0.25, -0.2) is 9.59 Å². The summed E-state index contributed by atoms with van der Waals surface area (Å²) in [6, 6.07) is 3.71. The largest absolute Gasteiger partial charge is 0.466 e. The van der Waals surface area contributed by atoms with Gasteiger partial charge >= 0.3 is 11.9 Å². The van der Waals surface area contributed by atoms with Crippen LogP contribution in [0.15, 0.2) is 28.8 Å². The first-order valence-electron chi connectivity index (χ1n) is 6.60. The van der Waals surface area contributed by atoms with Gasteiger partial charge in [0.2, 0.25) is 5.91 Å². The van der Waals surface area contributed by atoms with Gasteiger partial charge in [0.1, 0.15) is 5.70 Å². The van der Waals surface area contributed by atoms with E-state index in [4.69, 9.17) is 9.47 Å². The Hall–Kier alpha value is -2.15. The predicted molar refractivity (Wildman–Crippen MR) is 79.7 cm³/mol. The third-order valence-corrected chi connectivity index (χ3v) is 4.44. The minimum atomic E-state index is -1.14. The molecule has 0 unspecified atom stereocenters. The van der Waals surface area contributed by atoms with Crippen molar-refractivity contribution in [3.8, 4) is 0 Å². The van der Waals surface area contributed by atoms with Crippen LogP contribution in [0.25, 0.3) is 0 Å². The van der Waals surface area contributed by atoms with Crippen LogP contribution in [0.1, 0.15) is 18.7 Å². The van der Waals surface area contributed by atoms with E-state index < -0.39 is 17.4 Å². The van der Waals surface area contributed by atoms with Gasteiger partial charge in [-0.3, -0.25) is 9.69 Å². The molecule has 0 aliphatic carbocycles. The Morgan fingerprint density at radius 2 is 1.86 bits per heavy atom. The number of thiophene rings is 1. The van der Waals surface area contributed by atoms with Crippen molar-refractivity contribution in [1.29, 1.82) is 0 Å². The molecule has 0 bridgehead atoms. The second kappa shape index (κ2) is 5.92. The Morgan fingerprint density at radius 3 is 2.36 bits per heavy atom. The van der Waals surface area contributed by atoms with Gasteiger partial charge in [-0.05, 0) is 25.3 Å². The number of ether oxygens (including phenoxy) is 2. The first-order chi connectivity index (χ1) is 10.3. The molecule has 2 heterocycles. The zero-order chi connectivity index (χ0) is 16.5. The molecule has 1 aromatic heterocycles. The van der Waals surface area contributed by atoms with Gasteiger partial charge in [0, 0.05) is 4.88 Å². The lowest BCUT2D eigenvalue weighted by atomic mass is 9.85. The van der Waals surface area contributed by atoms with Gasteiger partial charge in [-0.15, -0.1) is 11.3 Å². The highest BCUT2D eigenvalue weighted by Crippen LogP contribution is 2.41. The van der Waals surface area contributed by atoms with Crippen molar-refractivity contribution in [2.75, 3.05) is 14.2 Å². The molecule has 6 nitrogen and oxygen atoms in total. The summed E-state index contributed by atoms with van der Waals surface area (Å²) in [6.07, 6.45) is 0. The number of amides is 1. The first-order valence-corrected chi connectivity index (χ1v) is 7.48. The second-order valence-corrected chi connectivity index (χ2v) is 6.33. The molecule has 0 saturated heterocycles. The number of nitrogens with zero attached hydrogens (tertiary/aromatic N) is 1. The lowest BCUT2D eigenvalue weighted by molar-refractivity contribution is -0.142. The van der Waals surface area contributed by atoms with Crippen molar-refractivity contribution in [2.45, 2.75) is 20.4 Å². The van der Waals surface area contributed by atoms with E-state index in [2.05, 4.69) is 0 Å². The summed E-state index contributed by atoms with van der Waals surface area (Å²) in [5.74, 6) is -1.76. The molecule has 1 aliphatic heterocycles. The average Bonchev–Trinajstić information content (AvgIpc) is 3.06. The maximum absolute atomic E-state index is 12.7. The molecule has 2 rings (SSSR count). The first kappa shape index (κ1) is 16.2. The summed E-state index contributed by atoms with van der Waals surface area (Å²) in [6.45, 7) is 3.41. The van der Waals surface area contributed by atoms with Crippen LogP contribution in [0.5, 0.6) is 0 Å². The molecule has 0 N–H and O–H groups in total. The van der Waals surface area contributed by atoms with Crippen molar-refractivity contribution in [2.24, 2.45) is 5.41 Å². The normalized spacial score (nSPS) is 16.9. The van der Waals surface area contributed by atoms with Gasteiger partial charge in [0.05, 0.1) is 31.8 Å². The fraction of sp³-hybridized carbons (Fsp3) is 0.400. The van der Waals surface area contributed by atoms with Crippen LogP contribution >= 0.6 is 11.3 Å². The van der Waals surface area contributed by atoms with E-state index in [0.717, 1.165) is 4.88 Å². The Balaban J connectivity index is 2.56. The van der Waals surface area contributed by atoms with Gasteiger partial charge in [-0.2, -0.15) is 0 Å². The third kappa shape index (κ3) is 2.52. The monoisotopic (exact) mass is 323 g/mol. The molecule has 7 heteroatoms. The zero-order valence-corrected chi connectivity index (χ0v) is 13.7. The number of rotatable bonds is 4. The van der Waals surface area contributed by atoms with Crippen LogP contribution < -0.4 is 0 Å². The van der Waals surface area contributed by atoms with E-state index in [-0.39, 0.29) is 23.7 Å². The zero-order valence-electron chi connectivity index (χ0n) is 12.8. The van der Waals surface area contributed by atoms with Crippen molar-refractivity contribution < 1.29 is 23.9 Å². The standard InChI is InChI=1S/C15H17NO5S/c1-15(2)10(12(17)20-3)11(13(18)21-4)16(14(15)19)8-9-6-5-7-22-9/h5-7H,8H2,1-4H3. The lowest BCUT2D eigenvalue weighted by Gasteiger charge is -2.21. The quantitative estimate of drug-likeness (QED) is 0.789. The molecule has 0 fully saturated rings. The minimum absolute atomic E-state index is 0.0309. The molecular formula is C15H17NO5S. The third-order valence-electron chi connectivity index (χ3n) is 3.57. The fourth-order valence-corrected chi connectivity index (χ4v) is 3.14. The summed E-state index contributed by atoms with van der Waals surface area (Å²) in [5, 5.41) is 1.88. The number of hydrogen-bond donors (Lipinski definition) is 0. The summed E-state index contributed by atoms with van der Waals surface area (Å²) in [5.41, 5.74) is -1.16. The highest BCUT2D eigenvalue weighted by molar-refractivity contribution is 7.09. The van der Waals surface area contributed by atoms with Gasteiger partial charge in [0.15, 0.2) is 0 Å². The highest BCUT2D eigenvalue weighted by Gasteiger charge is 2.52. The Bertz CT molecular complexity index is 645. The van der Waals surface area contributed by atoms with Crippen LogP contribution in [-0.2, 0) is 30.4 Å². The van der Waals surface area contributed by atoms with Crippen molar-refractivity contribution in [3.63, 3.8) is 0 Å². The smallest absolute Gasteiger partial charge is 0.355 e. The van der Waals surface area contributed by atoms with Crippen molar-refractivity contribution in [1.82, 2.24) is 4.90 Å². The number of hydrogen-bond acceptors (Lipinski definition) is 6. The van der Waals surface area contributed by atoms with Crippen molar-refractivity contribution >= 4 is 29.2 Å². The van der Waals surface area contributed by atoms with Crippen LogP contribution in [0.2, 0.25) is 0 Å². The molecule has 0 radical (unpaired) electrons. The van der Waals surface area contributed by atoms with Crippen LogP contribution in [0, 0.1) is 5.41 Å². The lowest BCUT2D eigenvalue weighted by Crippen LogP contribution is -2.34. The Morgan fingerprint density at radius 1 is 1.23 bits per heavy atom. The van der Waals surface area contributed by atoms with E-state index in [9.17, 15) is 14.4 Å². The maximum Gasteiger partial charge on any atom is 0.355 e. The molecule has 0 spiro atoms. The Kier molecular flexibility index (Phi) is 4.37. The predicted octanol–water partition coefficient (Wildman–Crippen LogP) is 1.72. The number of carbonyl (C=O) groups excluding carboxylic acids is 3. The summed E-state index contributed by atoms with van der Waals surface area (Å²) in [4.78, 5) is 39.1. The van der Waals surface area contributed by atoms with Crippen LogP contribution in [0.3, 0.4) is 0 Å². The molecule has 0 saturated carbocycles. The van der Waals surface area contributed by atoms with E-state index in [0.29, 0.717) is 0 Å². The van der Waals surface area contributed by atoms with Crippen LogP contribution in [0.4, 0.5) is 0 Å². The second-order valence-electron chi connectivity index (χ2n) is 5.30. The molecule has 22 heavy (non-hydrogen) atoms. The average molecular weight is 323 g/mol. The summed E-state index contributed by atoms with van der Waals surface area (Å²) >= 11 is 1.46. The van der Waals surface area contributed by atoms with E-state index in [1.165, 1.54) is 30.5 Å². The fourth-order valence-electron chi connectivity index (χ4n) is 2.45. The van der Waals surface area contributed by atoms with Gasteiger partial charge < -0.3 is 9.47 Å². The topological polar surface area (TPSA) is 72.9 Å². The van der Waals surface area contributed by atoms with E-state index in [1.807, 2.05) is 17.5 Å². The summed E-state index contributed by atoms with van der Waals surface area (Å²) in [7, 11) is 2.43. The maximum atomic E-state index is 12.7. The van der Waals surface area contributed by atoms with Crippen LogP contribution in [-0.4, -0.2) is 37.0 Å². The number of esters is 2.